The second-order valence-corrected chi connectivity index (χ2v) is 7.58. The van der Waals surface area contributed by atoms with Gasteiger partial charge in [0.2, 0.25) is 5.91 Å². The number of para-hydroxylation sites is 1. The monoisotopic (exact) mass is 404 g/mol. The molecule has 2 atom stereocenters. The third-order valence-electron chi connectivity index (χ3n) is 5.51. The number of benzene rings is 1. The number of amides is 1. The summed E-state index contributed by atoms with van der Waals surface area (Å²) in [6.45, 7) is 1.42. The van der Waals surface area contributed by atoms with E-state index in [-0.39, 0.29) is 24.3 Å². The topological polar surface area (TPSA) is 107 Å². The van der Waals surface area contributed by atoms with Crippen LogP contribution in [0.5, 0.6) is 0 Å². The van der Waals surface area contributed by atoms with Crippen molar-refractivity contribution in [2.45, 2.75) is 19.8 Å². The second-order valence-electron chi connectivity index (χ2n) is 7.58. The number of aliphatic hydroxyl groups excluding tert-OH is 1. The van der Waals surface area contributed by atoms with E-state index in [0.717, 1.165) is 40.2 Å². The molecule has 30 heavy (non-hydrogen) atoms. The summed E-state index contributed by atoms with van der Waals surface area (Å²) < 4.78 is 0. The minimum absolute atomic E-state index is 0.0272. The van der Waals surface area contributed by atoms with Crippen molar-refractivity contribution in [1.82, 2.24) is 9.97 Å². The number of hydrogen-bond donors (Lipinski definition) is 4. The summed E-state index contributed by atoms with van der Waals surface area (Å²) in [6, 6.07) is 13.5. The highest BCUT2D eigenvalue weighted by Gasteiger charge is 2.32. The number of aliphatic hydroxyl groups is 1. The Labute approximate surface area is 174 Å². The molecule has 4 rings (SSSR count). The molecule has 0 radical (unpaired) electrons. The average Bonchev–Trinajstić information content (AvgIpc) is 3.10. The maximum absolute atomic E-state index is 11.6. The minimum Gasteiger partial charge on any atom is -0.396 e. The highest BCUT2D eigenvalue weighted by atomic mass is 16.3. The first kappa shape index (κ1) is 19.8. The van der Waals surface area contributed by atoms with Crippen LogP contribution in [0.2, 0.25) is 0 Å². The SMILES string of the molecule is CC(=O)Nc1cc(-c2[nH]c3c(c2Nc2ccccc2)CC(C=O)C(CO)C3)ccn1. The molecule has 1 aromatic carbocycles. The van der Waals surface area contributed by atoms with Crippen molar-refractivity contribution in [2.24, 2.45) is 11.8 Å². The molecule has 1 amide bonds. The lowest BCUT2D eigenvalue weighted by Gasteiger charge is -2.27. The number of carbonyl (C=O) groups is 2. The van der Waals surface area contributed by atoms with Gasteiger partial charge in [0.25, 0.3) is 0 Å². The van der Waals surface area contributed by atoms with E-state index in [1.54, 1.807) is 6.20 Å². The van der Waals surface area contributed by atoms with Gasteiger partial charge in [-0.05, 0) is 48.6 Å². The van der Waals surface area contributed by atoms with Crippen LogP contribution in [0, 0.1) is 11.8 Å². The van der Waals surface area contributed by atoms with E-state index in [1.807, 2.05) is 42.5 Å². The van der Waals surface area contributed by atoms with Crippen molar-refractivity contribution in [1.29, 1.82) is 0 Å². The number of pyridine rings is 1. The molecule has 0 saturated heterocycles. The summed E-state index contributed by atoms with van der Waals surface area (Å²) in [5.41, 5.74) is 5.63. The number of rotatable bonds is 6. The fourth-order valence-electron chi connectivity index (χ4n) is 4.02. The van der Waals surface area contributed by atoms with Crippen LogP contribution in [0.1, 0.15) is 18.2 Å². The zero-order chi connectivity index (χ0) is 21.1. The molecule has 2 unspecified atom stereocenters. The van der Waals surface area contributed by atoms with Gasteiger partial charge in [0.15, 0.2) is 0 Å². The molecule has 0 saturated carbocycles. The number of aromatic amines is 1. The van der Waals surface area contributed by atoms with Gasteiger partial charge in [-0.3, -0.25) is 4.79 Å². The fraction of sp³-hybridized carbons (Fsp3) is 0.261. The summed E-state index contributed by atoms with van der Waals surface area (Å²) in [5.74, 6) is -0.0433. The highest BCUT2D eigenvalue weighted by molar-refractivity contribution is 5.89. The number of carbonyl (C=O) groups excluding carboxylic acids is 2. The molecule has 1 aliphatic carbocycles. The van der Waals surface area contributed by atoms with E-state index in [9.17, 15) is 14.7 Å². The molecule has 2 heterocycles. The Balaban J connectivity index is 1.81. The number of fused-ring (bicyclic) bond motifs is 1. The zero-order valence-electron chi connectivity index (χ0n) is 16.7. The molecule has 0 spiro atoms. The van der Waals surface area contributed by atoms with Crippen LogP contribution in [0.4, 0.5) is 17.2 Å². The average molecular weight is 404 g/mol. The largest absolute Gasteiger partial charge is 0.396 e. The Bertz CT molecular complexity index is 1060. The number of aromatic nitrogens is 2. The Morgan fingerprint density at radius 3 is 2.77 bits per heavy atom. The summed E-state index contributed by atoms with van der Waals surface area (Å²) in [7, 11) is 0. The quantitative estimate of drug-likeness (QED) is 0.472. The van der Waals surface area contributed by atoms with E-state index >= 15 is 0 Å². The predicted octanol–water partition coefficient (Wildman–Crippen LogP) is 3.30. The number of nitrogens with zero attached hydrogens (tertiary/aromatic N) is 1. The van der Waals surface area contributed by atoms with Crippen molar-refractivity contribution in [3.05, 3.63) is 59.9 Å². The second kappa shape index (κ2) is 8.51. The van der Waals surface area contributed by atoms with Gasteiger partial charge in [0.1, 0.15) is 12.1 Å². The van der Waals surface area contributed by atoms with E-state index in [1.165, 1.54) is 6.92 Å². The van der Waals surface area contributed by atoms with Crippen LogP contribution in [0.15, 0.2) is 48.7 Å². The van der Waals surface area contributed by atoms with Crippen molar-refractivity contribution in [3.8, 4) is 11.3 Å². The molecule has 3 aromatic rings. The molecule has 2 aromatic heterocycles. The minimum atomic E-state index is -0.227. The van der Waals surface area contributed by atoms with Crippen molar-refractivity contribution in [3.63, 3.8) is 0 Å². The summed E-state index contributed by atoms with van der Waals surface area (Å²) in [6.07, 6.45) is 3.75. The zero-order valence-corrected chi connectivity index (χ0v) is 16.7. The lowest BCUT2D eigenvalue weighted by molar-refractivity contribution is -0.114. The molecule has 0 aliphatic heterocycles. The Kier molecular flexibility index (Phi) is 5.63. The molecule has 1 aliphatic rings. The van der Waals surface area contributed by atoms with E-state index < -0.39 is 0 Å². The number of H-pyrrole nitrogens is 1. The van der Waals surface area contributed by atoms with Crippen molar-refractivity contribution < 1.29 is 14.7 Å². The molecule has 4 N–H and O–H groups in total. The predicted molar refractivity (Wildman–Crippen MR) is 116 cm³/mol. The lowest BCUT2D eigenvalue weighted by Crippen LogP contribution is -2.29. The first-order chi connectivity index (χ1) is 14.6. The van der Waals surface area contributed by atoms with Gasteiger partial charge in [-0.1, -0.05) is 18.2 Å². The molecule has 0 bridgehead atoms. The third-order valence-corrected chi connectivity index (χ3v) is 5.51. The van der Waals surface area contributed by atoms with E-state index in [4.69, 9.17) is 0 Å². The van der Waals surface area contributed by atoms with Gasteiger partial charge in [0.05, 0.1) is 11.4 Å². The number of nitrogens with one attached hydrogen (secondary N) is 3. The van der Waals surface area contributed by atoms with Crippen LogP contribution < -0.4 is 10.6 Å². The van der Waals surface area contributed by atoms with Gasteiger partial charge >= 0.3 is 0 Å². The highest BCUT2D eigenvalue weighted by Crippen LogP contribution is 2.41. The van der Waals surface area contributed by atoms with Crippen LogP contribution in [-0.4, -0.2) is 33.9 Å². The van der Waals surface area contributed by atoms with Crippen LogP contribution >= 0.6 is 0 Å². The Hall–Kier alpha value is -3.45. The maximum atomic E-state index is 11.6. The Morgan fingerprint density at radius 2 is 2.07 bits per heavy atom. The number of hydrogen-bond acceptors (Lipinski definition) is 5. The molecular weight excluding hydrogens is 380 g/mol. The summed E-state index contributed by atoms with van der Waals surface area (Å²) in [4.78, 5) is 30.8. The lowest BCUT2D eigenvalue weighted by atomic mass is 9.79. The van der Waals surface area contributed by atoms with Crippen molar-refractivity contribution in [2.75, 3.05) is 17.2 Å². The first-order valence-electron chi connectivity index (χ1n) is 9.95. The summed E-state index contributed by atoms with van der Waals surface area (Å²) >= 11 is 0. The molecule has 7 heteroatoms. The standard InChI is InChI=1S/C23H24N4O3/c1-14(30)25-21-11-15(7-8-24-21)22-23(26-18-5-3-2-4-6-18)19-9-16(12-28)17(13-29)10-20(19)27-22/h2-8,11-12,16-17,26-27,29H,9-10,13H2,1H3,(H,24,25,30). The Morgan fingerprint density at radius 1 is 1.27 bits per heavy atom. The molecule has 0 fully saturated rings. The normalized spacial score (nSPS) is 17.8. The maximum Gasteiger partial charge on any atom is 0.222 e. The van der Waals surface area contributed by atoms with Gasteiger partial charge in [0, 0.05) is 42.6 Å². The molecule has 154 valence electrons. The number of aldehydes is 1. The van der Waals surface area contributed by atoms with Crippen molar-refractivity contribution >= 4 is 29.4 Å². The van der Waals surface area contributed by atoms with Gasteiger partial charge in [-0.2, -0.15) is 0 Å². The van der Waals surface area contributed by atoms with Gasteiger partial charge in [-0.25, -0.2) is 4.98 Å². The third kappa shape index (κ3) is 3.97. The fourth-order valence-corrected chi connectivity index (χ4v) is 4.02. The molecule has 7 nitrogen and oxygen atoms in total. The van der Waals surface area contributed by atoms with Crippen LogP contribution in [0.3, 0.4) is 0 Å². The number of anilines is 3. The van der Waals surface area contributed by atoms with Gasteiger partial charge < -0.3 is 25.5 Å². The molecular formula is C23H24N4O3. The van der Waals surface area contributed by atoms with Gasteiger partial charge in [-0.15, -0.1) is 0 Å². The van der Waals surface area contributed by atoms with E-state index in [0.29, 0.717) is 18.7 Å². The smallest absolute Gasteiger partial charge is 0.222 e. The van der Waals surface area contributed by atoms with Crippen LogP contribution in [-0.2, 0) is 22.4 Å². The van der Waals surface area contributed by atoms with Crippen LogP contribution in [0.25, 0.3) is 11.3 Å². The first-order valence-corrected chi connectivity index (χ1v) is 9.95. The summed E-state index contributed by atoms with van der Waals surface area (Å²) in [5, 5.41) is 15.9. The van der Waals surface area contributed by atoms with E-state index in [2.05, 4.69) is 20.6 Å².